The lowest BCUT2D eigenvalue weighted by atomic mass is 9.75. The molecule has 0 spiro atoms. The molecule has 0 saturated heterocycles. The van der Waals surface area contributed by atoms with Crippen molar-refractivity contribution >= 4 is 17.6 Å². The van der Waals surface area contributed by atoms with Crippen LogP contribution in [-0.4, -0.2) is 22.1 Å². The van der Waals surface area contributed by atoms with Crippen molar-refractivity contribution in [2.75, 3.05) is 5.32 Å². The molecule has 5 heteroatoms. The van der Waals surface area contributed by atoms with Crippen molar-refractivity contribution in [1.82, 2.24) is 0 Å². The van der Waals surface area contributed by atoms with Gasteiger partial charge in [-0.2, -0.15) is 0 Å². The maximum Gasteiger partial charge on any atom is 0.335 e. The molecule has 20 heavy (non-hydrogen) atoms. The molecule has 1 aliphatic carbocycles. The monoisotopic (exact) mass is 277 g/mol. The van der Waals surface area contributed by atoms with Gasteiger partial charge in [-0.25, -0.2) is 4.79 Å². The van der Waals surface area contributed by atoms with Gasteiger partial charge < -0.3 is 15.5 Å². The van der Waals surface area contributed by atoms with Crippen molar-refractivity contribution in [3.63, 3.8) is 0 Å². The fourth-order valence-corrected chi connectivity index (χ4v) is 2.60. The topological polar surface area (TPSA) is 86.6 Å². The number of hydrogen-bond acceptors (Lipinski definition) is 3. The third-order valence-electron chi connectivity index (χ3n) is 4.00. The minimum Gasteiger partial charge on any atom is -0.506 e. The zero-order valence-electron chi connectivity index (χ0n) is 11.5. The minimum atomic E-state index is -1.09. The second-order valence-corrected chi connectivity index (χ2v) is 5.61. The van der Waals surface area contributed by atoms with Crippen LogP contribution in [0.25, 0.3) is 0 Å². The van der Waals surface area contributed by atoms with Crippen molar-refractivity contribution in [3.05, 3.63) is 23.8 Å². The Morgan fingerprint density at radius 3 is 2.45 bits per heavy atom. The SMILES string of the molecule is CC1(C(=O)Nc2cc(C(=O)O)ccc2O)CCCCC1. The second kappa shape index (κ2) is 5.53. The van der Waals surface area contributed by atoms with Gasteiger partial charge in [0, 0.05) is 5.41 Å². The smallest absolute Gasteiger partial charge is 0.335 e. The molecule has 1 fully saturated rings. The third kappa shape index (κ3) is 2.92. The molecule has 5 nitrogen and oxygen atoms in total. The molecule has 1 aliphatic rings. The van der Waals surface area contributed by atoms with Crippen LogP contribution in [0.15, 0.2) is 18.2 Å². The Hall–Kier alpha value is -2.04. The number of amides is 1. The van der Waals surface area contributed by atoms with Crippen LogP contribution in [0.1, 0.15) is 49.4 Å². The van der Waals surface area contributed by atoms with Crippen molar-refractivity contribution in [1.29, 1.82) is 0 Å². The quantitative estimate of drug-likeness (QED) is 0.741. The highest BCUT2D eigenvalue weighted by Gasteiger charge is 2.34. The normalized spacial score (nSPS) is 17.4. The summed E-state index contributed by atoms with van der Waals surface area (Å²) in [4.78, 5) is 23.3. The van der Waals surface area contributed by atoms with Crippen LogP contribution in [0.5, 0.6) is 5.75 Å². The summed E-state index contributed by atoms with van der Waals surface area (Å²) >= 11 is 0. The number of phenolic OH excluding ortho intramolecular Hbond substituents is 1. The first-order valence-electron chi connectivity index (χ1n) is 6.80. The van der Waals surface area contributed by atoms with Gasteiger partial charge in [0.2, 0.25) is 5.91 Å². The fraction of sp³-hybridized carbons (Fsp3) is 0.467. The van der Waals surface area contributed by atoms with Crippen molar-refractivity contribution < 1.29 is 19.8 Å². The maximum absolute atomic E-state index is 12.4. The zero-order chi connectivity index (χ0) is 14.8. The lowest BCUT2D eigenvalue weighted by Gasteiger charge is -2.32. The predicted molar refractivity (Wildman–Crippen MR) is 74.9 cm³/mol. The standard InChI is InChI=1S/C15H19NO4/c1-15(7-3-2-4-8-15)14(20)16-11-9-10(13(18)19)5-6-12(11)17/h5-6,9,17H,2-4,7-8H2,1H3,(H,16,20)(H,18,19). The number of nitrogens with one attached hydrogen (secondary N) is 1. The highest BCUT2D eigenvalue weighted by Crippen LogP contribution is 2.37. The number of aromatic hydroxyl groups is 1. The van der Waals surface area contributed by atoms with Gasteiger partial charge in [-0.05, 0) is 31.0 Å². The molecule has 0 heterocycles. The molecule has 0 radical (unpaired) electrons. The van der Waals surface area contributed by atoms with E-state index >= 15 is 0 Å². The van der Waals surface area contributed by atoms with Crippen LogP contribution in [0.4, 0.5) is 5.69 Å². The van der Waals surface area contributed by atoms with E-state index in [9.17, 15) is 14.7 Å². The average Bonchev–Trinajstić information content (AvgIpc) is 2.41. The molecule has 1 aromatic rings. The maximum atomic E-state index is 12.4. The molecular weight excluding hydrogens is 258 g/mol. The van der Waals surface area contributed by atoms with E-state index in [2.05, 4.69) is 5.32 Å². The summed E-state index contributed by atoms with van der Waals surface area (Å²) < 4.78 is 0. The molecule has 0 bridgehead atoms. The van der Waals surface area contributed by atoms with Gasteiger partial charge in [0.15, 0.2) is 0 Å². The highest BCUT2D eigenvalue weighted by atomic mass is 16.4. The molecule has 2 rings (SSSR count). The first-order valence-corrected chi connectivity index (χ1v) is 6.80. The number of anilines is 1. The highest BCUT2D eigenvalue weighted by molar-refractivity contribution is 5.98. The van der Waals surface area contributed by atoms with Crippen molar-refractivity contribution in [3.8, 4) is 5.75 Å². The van der Waals surface area contributed by atoms with Crippen LogP contribution >= 0.6 is 0 Å². The lowest BCUT2D eigenvalue weighted by molar-refractivity contribution is -0.126. The number of carboxylic acids is 1. The first-order chi connectivity index (χ1) is 9.42. The molecule has 1 amide bonds. The van der Waals surface area contributed by atoms with Gasteiger partial charge in [-0.15, -0.1) is 0 Å². The van der Waals surface area contributed by atoms with Crippen LogP contribution in [-0.2, 0) is 4.79 Å². The summed E-state index contributed by atoms with van der Waals surface area (Å²) in [6, 6.07) is 3.86. The number of carboxylic acid groups (broad SMARTS) is 1. The number of carbonyl (C=O) groups excluding carboxylic acids is 1. The number of carbonyl (C=O) groups is 2. The number of aromatic carboxylic acids is 1. The van der Waals surface area contributed by atoms with Crippen LogP contribution in [0.2, 0.25) is 0 Å². The number of benzene rings is 1. The van der Waals surface area contributed by atoms with E-state index in [0.717, 1.165) is 32.1 Å². The minimum absolute atomic E-state index is 0.0342. The van der Waals surface area contributed by atoms with Gasteiger partial charge in [0.1, 0.15) is 5.75 Å². The fourth-order valence-electron chi connectivity index (χ4n) is 2.60. The molecule has 1 saturated carbocycles. The number of rotatable bonds is 3. The molecule has 1 aromatic carbocycles. The summed E-state index contributed by atoms with van der Waals surface area (Å²) in [7, 11) is 0. The Morgan fingerprint density at radius 1 is 1.20 bits per heavy atom. The molecule has 0 aromatic heterocycles. The average molecular weight is 277 g/mol. The van der Waals surface area contributed by atoms with Gasteiger partial charge in [0.05, 0.1) is 11.3 Å². The summed E-state index contributed by atoms with van der Waals surface area (Å²) in [6.07, 6.45) is 4.81. The van der Waals surface area contributed by atoms with Gasteiger partial charge in [0.25, 0.3) is 0 Å². The van der Waals surface area contributed by atoms with E-state index in [-0.39, 0.29) is 22.9 Å². The van der Waals surface area contributed by atoms with E-state index in [1.807, 2.05) is 6.92 Å². The largest absolute Gasteiger partial charge is 0.506 e. The van der Waals surface area contributed by atoms with E-state index in [1.54, 1.807) is 0 Å². The summed E-state index contributed by atoms with van der Waals surface area (Å²) in [6.45, 7) is 1.92. The zero-order valence-corrected chi connectivity index (χ0v) is 11.5. The summed E-state index contributed by atoms with van der Waals surface area (Å²) in [5, 5.41) is 21.3. The summed E-state index contributed by atoms with van der Waals surface area (Å²) in [5.41, 5.74) is -0.252. The van der Waals surface area contributed by atoms with E-state index < -0.39 is 11.4 Å². The van der Waals surface area contributed by atoms with Crippen LogP contribution in [0.3, 0.4) is 0 Å². The van der Waals surface area contributed by atoms with Crippen LogP contribution < -0.4 is 5.32 Å². The third-order valence-corrected chi connectivity index (χ3v) is 4.00. The van der Waals surface area contributed by atoms with Gasteiger partial charge in [-0.1, -0.05) is 26.2 Å². The predicted octanol–water partition coefficient (Wildman–Crippen LogP) is 3.00. The Balaban J connectivity index is 2.18. The van der Waals surface area contributed by atoms with E-state index in [1.165, 1.54) is 18.2 Å². The second-order valence-electron chi connectivity index (χ2n) is 5.61. The molecule has 3 N–H and O–H groups in total. The molecule has 0 atom stereocenters. The molecule has 0 aliphatic heterocycles. The number of hydrogen-bond donors (Lipinski definition) is 3. The van der Waals surface area contributed by atoms with Crippen molar-refractivity contribution in [2.45, 2.75) is 39.0 Å². The van der Waals surface area contributed by atoms with Gasteiger partial charge >= 0.3 is 5.97 Å². The summed E-state index contributed by atoms with van der Waals surface area (Å²) in [5.74, 6) is -1.37. The molecule has 0 unspecified atom stereocenters. The Kier molecular flexibility index (Phi) is 3.97. The van der Waals surface area contributed by atoms with Gasteiger partial charge in [-0.3, -0.25) is 4.79 Å². The van der Waals surface area contributed by atoms with Crippen molar-refractivity contribution in [2.24, 2.45) is 5.41 Å². The Bertz CT molecular complexity index is 533. The van der Waals surface area contributed by atoms with E-state index in [0.29, 0.717) is 0 Å². The van der Waals surface area contributed by atoms with Crippen LogP contribution in [0, 0.1) is 5.41 Å². The molecular formula is C15H19NO4. The molecule has 108 valence electrons. The first kappa shape index (κ1) is 14.4. The van der Waals surface area contributed by atoms with E-state index in [4.69, 9.17) is 5.11 Å². The Morgan fingerprint density at radius 2 is 1.85 bits per heavy atom. The Labute approximate surface area is 117 Å². The lowest BCUT2D eigenvalue weighted by Crippen LogP contribution is -2.35. The number of phenols is 1.